The highest BCUT2D eigenvalue weighted by Crippen LogP contribution is 2.36. The van der Waals surface area contributed by atoms with Gasteiger partial charge in [0.05, 0.1) is 65.1 Å². The fourth-order valence-corrected chi connectivity index (χ4v) is 8.64. The number of aromatic nitrogens is 3. The van der Waals surface area contributed by atoms with E-state index in [2.05, 4.69) is 16.2 Å². The fourth-order valence-electron chi connectivity index (χ4n) is 8.64. The van der Waals surface area contributed by atoms with Crippen molar-refractivity contribution in [3.63, 3.8) is 0 Å². The number of terminal acetylenes is 1. The monoisotopic (exact) mass is 1190 g/mol. The van der Waals surface area contributed by atoms with E-state index in [0.717, 1.165) is 41.5 Å². The second-order valence-electron chi connectivity index (χ2n) is 18.8. The number of hydrogen-bond donors (Lipinski definition) is 0. The molecule has 0 amide bonds. The van der Waals surface area contributed by atoms with Gasteiger partial charge in [-0.2, -0.15) is 0 Å². The minimum atomic E-state index is -1.79. The van der Waals surface area contributed by atoms with E-state index in [9.17, 15) is 38.4 Å². The zero-order valence-corrected chi connectivity index (χ0v) is 47.8. The van der Waals surface area contributed by atoms with Crippen LogP contribution in [0.2, 0.25) is 0 Å². The van der Waals surface area contributed by atoms with Gasteiger partial charge in [0.1, 0.15) is 68.0 Å². The van der Waals surface area contributed by atoms with Crippen LogP contribution < -0.4 is 9.47 Å². The molecule has 10 atom stereocenters. The first-order valence-corrected chi connectivity index (χ1v) is 26.6. The number of carbonyl (C=O) groups is 8. The predicted octanol–water partition coefficient (Wildman–Crippen LogP) is 3.21. The number of esters is 7. The van der Waals surface area contributed by atoms with Crippen LogP contribution in [-0.2, 0) is 115 Å². The van der Waals surface area contributed by atoms with E-state index in [-0.39, 0.29) is 64.2 Å². The molecule has 0 spiro atoms. The molecule has 3 aromatic carbocycles. The van der Waals surface area contributed by atoms with Crippen molar-refractivity contribution in [1.29, 1.82) is 0 Å². The first-order chi connectivity index (χ1) is 40.8. The second-order valence-corrected chi connectivity index (χ2v) is 18.8. The van der Waals surface area contributed by atoms with E-state index in [1.807, 2.05) is 0 Å². The minimum absolute atomic E-state index is 0.0146. The maximum Gasteiger partial charge on any atom is 0.338 e. The van der Waals surface area contributed by atoms with Gasteiger partial charge in [-0.05, 0) is 17.7 Å². The Hall–Kier alpha value is -8.36. The van der Waals surface area contributed by atoms with Gasteiger partial charge in [-0.1, -0.05) is 65.7 Å². The summed E-state index contributed by atoms with van der Waals surface area (Å²) in [7, 11) is 1.25. The summed E-state index contributed by atoms with van der Waals surface area (Å²) in [4.78, 5) is 101. The third kappa shape index (κ3) is 20.7. The lowest BCUT2D eigenvalue weighted by atomic mass is 9.96. The molecule has 0 unspecified atom stereocenters. The number of ether oxygens (including phenoxy) is 16. The van der Waals surface area contributed by atoms with Crippen LogP contribution in [0.3, 0.4) is 0 Å². The van der Waals surface area contributed by atoms with Gasteiger partial charge in [0.25, 0.3) is 0 Å². The molecule has 27 nitrogen and oxygen atoms in total. The molecule has 3 heterocycles. The van der Waals surface area contributed by atoms with Crippen molar-refractivity contribution in [2.24, 2.45) is 0 Å². The summed E-state index contributed by atoms with van der Waals surface area (Å²) in [6.45, 7) is 5.75. The lowest BCUT2D eigenvalue weighted by Gasteiger charge is -2.49. The van der Waals surface area contributed by atoms with Crippen molar-refractivity contribution < 1.29 is 114 Å². The van der Waals surface area contributed by atoms with Gasteiger partial charge in [-0.15, -0.1) is 11.5 Å². The van der Waals surface area contributed by atoms with Crippen LogP contribution in [0.4, 0.5) is 0 Å². The number of nitrogens with zero attached hydrogens (tertiary/aromatic N) is 3. The van der Waals surface area contributed by atoms with Crippen molar-refractivity contribution >= 4 is 47.6 Å². The van der Waals surface area contributed by atoms with Gasteiger partial charge >= 0.3 is 41.8 Å². The minimum Gasteiger partial charge on any atom is -0.487 e. The van der Waals surface area contributed by atoms with Crippen LogP contribution in [0.1, 0.15) is 79.1 Å². The Morgan fingerprint density at radius 3 is 1.73 bits per heavy atom. The Bertz CT molecular complexity index is 2930. The summed E-state index contributed by atoms with van der Waals surface area (Å²) < 4.78 is 94.5. The lowest BCUT2D eigenvalue weighted by Crippen LogP contribution is -2.67. The van der Waals surface area contributed by atoms with Crippen LogP contribution in [0.25, 0.3) is 0 Å². The van der Waals surface area contributed by atoms with Crippen LogP contribution in [0, 0.1) is 12.3 Å². The Morgan fingerprint density at radius 1 is 0.565 bits per heavy atom. The molecular formula is C58H67N3O24. The van der Waals surface area contributed by atoms with E-state index in [0.29, 0.717) is 40.4 Å². The maximum absolute atomic E-state index is 13.2. The Balaban J connectivity index is 1.12. The SMILES string of the molecule is C#CCOc1cc(OCc2cn(CCOCCOCCO[C@@H]3O[C@H](COC(C)=O)[C@@H](O[C@@H]4O[C@H](COC(C)=O)[C@H](OC(C)=O)[C@H](OCc5ccc(C(=O)c6ccccc6)cc5)[C@H]4OC(C)=O)[C@H](OC(C)=O)[C@H]3OC(C)=O)nn2)cc(C(=O)OC)c1. The van der Waals surface area contributed by atoms with Crippen LogP contribution in [0.15, 0.2) is 79.0 Å². The molecule has 0 saturated carbocycles. The van der Waals surface area contributed by atoms with Crippen LogP contribution >= 0.6 is 0 Å². The summed E-state index contributed by atoms with van der Waals surface area (Å²) >= 11 is 0. The van der Waals surface area contributed by atoms with Crippen molar-refractivity contribution in [2.45, 2.75) is 123 Å². The molecule has 2 aliphatic heterocycles. The summed E-state index contributed by atoms with van der Waals surface area (Å²) in [5.41, 5.74) is 2.06. The number of methoxy groups -OCH3 is 1. The van der Waals surface area contributed by atoms with Gasteiger partial charge in [-0.3, -0.25) is 33.6 Å². The quantitative estimate of drug-likeness (QED) is 0.0230. The molecule has 4 aromatic rings. The second kappa shape index (κ2) is 33.2. The van der Waals surface area contributed by atoms with E-state index in [4.69, 9.17) is 82.2 Å². The van der Waals surface area contributed by atoms with E-state index in [1.165, 1.54) is 19.2 Å². The first kappa shape index (κ1) is 65.8. The van der Waals surface area contributed by atoms with Crippen LogP contribution in [-0.4, -0.2) is 184 Å². The standard InChI is InChI=1S/C58H67N3O24/c1-9-20-73-45-26-43(56(69)70-8)27-46(28-45)77-31-44-29-61(60-59-44)19-21-71-22-23-72-24-25-74-57-55(82-39(7)67)53(80-37(5)65)51(48(83-57)33-76-35(3)63)85-58-54(81-38(6)66)52(50(79-36(4)64)47(84-58)32-75-34(2)62)78-30-40-15-17-42(18-16-40)49(68)41-13-11-10-12-14-41/h1,10-18,26-29,47-48,50-55,57-58H,19-25,30-33H2,2-8H3/t47-,48-,50+,51-,52+,53+,54-,55-,57-,58+/m1/s1. The number of benzene rings is 3. The van der Waals surface area contributed by atoms with Gasteiger partial charge in [0.2, 0.25) is 0 Å². The molecule has 0 N–H and O–H groups in total. The summed E-state index contributed by atoms with van der Waals surface area (Å²) in [5.74, 6) is -2.80. The number of carbonyl (C=O) groups excluding carboxylic acids is 8. The van der Waals surface area contributed by atoms with Gasteiger partial charge < -0.3 is 75.8 Å². The van der Waals surface area contributed by atoms with E-state index in [1.54, 1.807) is 71.5 Å². The molecule has 458 valence electrons. The average Bonchev–Trinajstić information content (AvgIpc) is 2.25. The zero-order chi connectivity index (χ0) is 61.4. The molecular weight excluding hydrogens is 1120 g/mol. The summed E-state index contributed by atoms with van der Waals surface area (Å²) in [6.07, 6.45) is -8.62. The first-order valence-electron chi connectivity index (χ1n) is 26.6. The van der Waals surface area contributed by atoms with Crippen molar-refractivity contribution in [3.8, 4) is 23.8 Å². The molecule has 1 aromatic heterocycles. The number of ketones is 1. The topological polar surface area (TPSA) is 315 Å². The van der Waals surface area contributed by atoms with Gasteiger partial charge in [0, 0.05) is 58.7 Å². The van der Waals surface area contributed by atoms with Gasteiger partial charge in [0.15, 0.2) is 42.8 Å². The van der Waals surface area contributed by atoms with E-state index < -0.39 is 116 Å². The normalized spacial score (nSPS) is 21.7. The average molecular weight is 1190 g/mol. The van der Waals surface area contributed by atoms with Crippen molar-refractivity contribution in [1.82, 2.24) is 15.0 Å². The number of rotatable bonds is 31. The summed E-state index contributed by atoms with van der Waals surface area (Å²) in [6, 6.07) is 19.6. The summed E-state index contributed by atoms with van der Waals surface area (Å²) in [5, 5.41) is 8.21. The smallest absolute Gasteiger partial charge is 0.338 e. The Morgan fingerprint density at radius 2 is 1.12 bits per heavy atom. The van der Waals surface area contributed by atoms with Crippen molar-refractivity contribution in [3.05, 3.63) is 107 Å². The predicted molar refractivity (Wildman–Crippen MR) is 287 cm³/mol. The molecule has 6 rings (SSSR count). The molecule has 2 aliphatic rings. The molecule has 2 saturated heterocycles. The highest BCUT2D eigenvalue weighted by atomic mass is 16.8. The fraction of sp³-hybridized carbons (Fsp3) is 0.483. The molecule has 0 aliphatic carbocycles. The third-order valence-corrected chi connectivity index (χ3v) is 12.2. The van der Waals surface area contributed by atoms with Crippen LogP contribution in [0.5, 0.6) is 11.5 Å². The molecule has 0 radical (unpaired) electrons. The highest BCUT2D eigenvalue weighted by Gasteiger charge is 2.57. The Kier molecular flexibility index (Phi) is 25.7. The molecule has 27 heteroatoms. The van der Waals surface area contributed by atoms with Crippen molar-refractivity contribution in [2.75, 3.05) is 60.0 Å². The highest BCUT2D eigenvalue weighted by molar-refractivity contribution is 6.08. The molecule has 2 fully saturated rings. The molecule has 0 bridgehead atoms. The molecule has 85 heavy (non-hydrogen) atoms. The zero-order valence-electron chi connectivity index (χ0n) is 47.8. The Labute approximate surface area is 488 Å². The van der Waals surface area contributed by atoms with Gasteiger partial charge in [-0.25, -0.2) is 9.48 Å². The van der Waals surface area contributed by atoms with E-state index >= 15 is 0 Å². The largest absolute Gasteiger partial charge is 0.487 e. The lowest BCUT2D eigenvalue weighted by molar-refractivity contribution is -0.363. The number of hydrogen-bond acceptors (Lipinski definition) is 26. The maximum atomic E-state index is 13.2. The third-order valence-electron chi connectivity index (χ3n) is 12.2.